The van der Waals surface area contributed by atoms with Crippen molar-refractivity contribution in [1.29, 1.82) is 0 Å². The summed E-state index contributed by atoms with van der Waals surface area (Å²) in [5.74, 6) is -0.417. The van der Waals surface area contributed by atoms with Gasteiger partial charge in [-0.25, -0.2) is 8.78 Å². The molecule has 0 atom stereocenters. The Kier molecular flexibility index (Phi) is 5.23. The first-order chi connectivity index (χ1) is 7.97. The van der Waals surface area contributed by atoms with Gasteiger partial charge in [0.2, 0.25) is 0 Å². The number of pyridine rings is 1. The number of carbonyl (C=O) groups excluding carboxylic acids is 1. The molecule has 1 heterocycles. The van der Waals surface area contributed by atoms with Crippen molar-refractivity contribution in [3.05, 3.63) is 26.6 Å². The number of carbonyl (C=O) groups is 1. The van der Waals surface area contributed by atoms with Crippen molar-refractivity contribution >= 4 is 28.6 Å². The minimum atomic E-state index is -2.63. The van der Waals surface area contributed by atoms with Crippen LogP contribution in [0.2, 0.25) is 0 Å². The van der Waals surface area contributed by atoms with Crippen molar-refractivity contribution in [1.82, 2.24) is 4.98 Å². The third-order valence-corrected chi connectivity index (χ3v) is 3.20. The van der Waals surface area contributed by atoms with Crippen molar-refractivity contribution in [2.75, 3.05) is 6.61 Å². The zero-order valence-corrected chi connectivity index (χ0v) is 11.6. The molecule has 0 spiro atoms. The van der Waals surface area contributed by atoms with Crippen LogP contribution in [0.1, 0.15) is 30.2 Å². The fraction of sp³-hybridized carbons (Fsp3) is 0.455. The summed E-state index contributed by atoms with van der Waals surface area (Å²) in [6, 6.07) is 0. The Bertz CT molecular complexity index is 424. The van der Waals surface area contributed by atoms with Gasteiger partial charge in [-0.3, -0.25) is 9.78 Å². The summed E-state index contributed by atoms with van der Waals surface area (Å²) in [4.78, 5) is 15.0. The van der Waals surface area contributed by atoms with E-state index in [-0.39, 0.29) is 18.7 Å². The summed E-state index contributed by atoms with van der Waals surface area (Å²) in [7, 11) is 0. The Hall–Kier alpha value is -0.790. The molecule has 6 heteroatoms. The van der Waals surface area contributed by atoms with Crippen LogP contribution in [0, 0.1) is 10.5 Å². The third-order valence-electron chi connectivity index (χ3n) is 2.28. The molecule has 0 saturated carbocycles. The van der Waals surface area contributed by atoms with Crippen LogP contribution in [0.5, 0.6) is 0 Å². The normalized spacial score (nSPS) is 10.7. The van der Waals surface area contributed by atoms with Gasteiger partial charge >= 0.3 is 5.97 Å². The number of aromatic nitrogens is 1. The van der Waals surface area contributed by atoms with Crippen LogP contribution in [0.4, 0.5) is 8.78 Å². The van der Waals surface area contributed by atoms with Crippen molar-refractivity contribution in [3.8, 4) is 0 Å². The number of nitrogens with zero attached hydrogens (tertiary/aromatic N) is 1. The van der Waals surface area contributed by atoms with E-state index < -0.39 is 12.4 Å². The molecule has 1 rings (SSSR count). The summed E-state index contributed by atoms with van der Waals surface area (Å²) in [6.45, 7) is 3.53. The van der Waals surface area contributed by atoms with Crippen LogP contribution in [0.25, 0.3) is 0 Å². The molecule has 0 saturated heterocycles. The molecule has 3 nitrogen and oxygen atoms in total. The summed E-state index contributed by atoms with van der Waals surface area (Å²) >= 11 is 1.97. The molecule has 0 radical (unpaired) electrons. The summed E-state index contributed by atoms with van der Waals surface area (Å²) in [5, 5.41) is 0. The lowest BCUT2D eigenvalue weighted by molar-refractivity contribution is -0.142. The van der Waals surface area contributed by atoms with Crippen LogP contribution in [-0.4, -0.2) is 17.6 Å². The standard InChI is InChI=1S/C11H12F2INO2/c1-3-17-9(16)4-7-6(2)10(11(12)13)15-5-8(7)14/h5,11H,3-4H2,1-2H3. The average molecular weight is 355 g/mol. The van der Waals surface area contributed by atoms with E-state index in [1.165, 1.54) is 6.20 Å². The van der Waals surface area contributed by atoms with E-state index >= 15 is 0 Å². The Morgan fingerprint density at radius 3 is 2.76 bits per heavy atom. The predicted octanol–water partition coefficient (Wildman–Crippen LogP) is 3.04. The lowest BCUT2D eigenvalue weighted by Gasteiger charge is -2.11. The largest absolute Gasteiger partial charge is 0.466 e. The van der Waals surface area contributed by atoms with Gasteiger partial charge in [-0.1, -0.05) is 0 Å². The molecule has 94 valence electrons. The number of hydrogen-bond acceptors (Lipinski definition) is 3. The molecule has 0 aromatic carbocycles. The van der Waals surface area contributed by atoms with Crippen molar-refractivity contribution in [3.63, 3.8) is 0 Å². The second kappa shape index (κ2) is 6.23. The maximum Gasteiger partial charge on any atom is 0.310 e. The molecular weight excluding hydrogens is 343 g/mol. The second-order valence-electron chi connectivity index (χ2n) is 3.38. The summed E-state index contributed by atoms with van der Waals surface area (Å²) in [5.41, 5.74) is 0.652. The first-order valence-corrected chi connectivity index (χ1v) is 6.12. The van der Waals surface area contributed by atoms with Crippen LogP contribution in [0.3, 0.4) is 0 Å². The van der Waals surface area contributed by atoms with Crippen LogP contribution in [0.15, 0.2) is 6.20 Å². The third kappa shape index (κ3) is 3.58. The van der Waals surface area contributed by atoms with Gasteiger partial charge in [-0.15, -0.1) is 0 Å². The van der Waals surface area contributed by atoms with Gasteiger partial charge in [0.15, 0.2) is 0 Å². The number of rotatable bonds is 4. The number of esters is 1. The minimum Gasteiger partial charge on any atom is -0.466 e. The number of alkyl halides is 2. The zero-order valence-electron chi connectivity index (χ0n) is 9.47. The number of ether oxygens (including phenoxy) is 1. The summed E-state index contributed by atoms with van der Waals surface area (Å²) < 4.78 is 30.8. The molecule has 0 bridgehead atoms. The highest BCUT2D eigenvalue weighted by Crippen LogP contribution is 2.26. The van der Waals surface area contributed by atoms with E-state index in [1.54, 1.807) is 13.8 Å². The SMILES string of the molecule is CCOC(=O)Cc1c(I)cnc(C(F)F)c1C. The Morgan fingerprint density at radius 2 is 2.24 bits per heavy atom. The van der Waals surface area contributed by atoms with Gasteiger partial charge in [-0.2, -0.15) is 0 Å². The molecule has 1 aromatic heterocycles. The van der Waals surface area contributed by atoms with E-state index in [9.17, 15) is 13.6 Å². The van der Waals surface area contributed by atoms with Crippen molar-refractivity contribution in [2.24, 2.45) is 0 Å². The van der Waals surface area contributed by atoms with E-state index in [0.717, 1.165) is 0 Å². The van der Waals surface area contributed by atoms with Crippen molar-refractivity contribution in [2.45, 2.75) is 26.7 Å². The molecule has 0 aliphatic heterocycles. The van der Waals surface area contributed by atoms with Gasteiger partial charge < -0.3 is 4.74 Å². The first-order valence-electron chi connectivity index (χ1n) is 5.05. The lowest BCUT2D eigenvalue weighted by Crippen LogP contribution is -2.11. The Balaban J connectivity index is 3.05. The fourth-order valence-electron chi connectivity index (χ4n) is 1.43. The van der Waals surface area contributed by atoms with Gasteiger partial charge in [0.25, 0.3) is 6.43 Å². The molecule has 0 N–H and O–H groups in total. The molecule has 17 heavy (non-hydrogen) atoms. The minimum absolute atomic E-state index is 0.000185. The van der Waals surface area contributed by atoms with E-state index in [0.29, 0.717) is 14.7 Å². The predicted molar refractivity (Wildman–Crippen MR) is 67.0 cm³/mol. The van der Waals surface area contributed by atoms with Gasteiger partial charge in [0, 0.05) is 9.77 Å². The Labute approximate surface area is 112 Å². The lowest BCUT2D eigenvalue weighted by atomic mass is 10.1. The van der Waals surface area contributed by atoms with E-state index in [1.807, 2.05) is 22.6 Å². The van der Waals surface area contributed by atoms with Crippen LogP contribution < -0.4 is 0 Å². The smallest absolute Gasteiger partial charge is 0.310 e. The summed E-state index contributed by atoms with van der Waals surface area (Å²) in [6.07, 6.45) is -1.28. The highest BCUT2D eigenvalue weighted by atomic mass is 127. The molecule has 0 amide bonds. The maximum absolute atomic E-state index is 12.6. The molecule has 0 aliphatic rings. The quantitative estimate of drug-likeness (QED) is 0.616. The molecular formula is C11H12F2INO2. The van der Waals surface area contributed by atoms with Crippen LogP contribution in [-0.2, 0) is 16.0 Å². The number of hydrogen-bond donors (Lipinski definition) is 0. The van der Waals surface area contributed by atoms with E-state index in [4.69, 9.17) is 4.74 Å². The van der Waals surface area contributed by atoms with Crippen LogP contribution >= 0.6 is 22.6 Å². The maximum atomic E-state index is 12.6. The highest BCUT2D eigenvalue weighted by molar-refractivity contribution is 14.1. The van der Waals surface area contributed by atoms with E-state index in [2.05, 4.69) is 4.98 Å². The average Bonchev–Trinajstić information content (AvgIpc) is 2.24. The first kappa shape index (κ1) is 14.3. The topological polar surface area (TPSA) is 39.2 Å². The van der Waals surface area contributed by atoms with Gasteiger partial charge in [0.1, 0.15) is 5.69 Å². The second-order valence-corrected chi connectivity index (χ2v) is 4.54. The van der Waals surface area contributed by atoms with Gasteiger partial charge in [-0.05, 0) is 47.6 Å². The fourth-order valence-corrected chi connectivity index (χ4v) is 2.16. The Morgan fingerprint density at radius 1 is 1.59 bits per heavy atom. The molecule has 0 fully saturated rings. The highest BCUT2D eigenvalue weighted by Gasteiger charge is 2.19. The zero-order chi connectivity index (χ0) is 13.0. The molecule has 0 unspecified atom stereocenters. The van der Waals surface area contributed by atoms with Gasteiger partial charge in [0.05, 0.1) is 13.0 Å². The monoisotopic (exact) mass is 355 g/mol. The number of halogens is 3. The molecule has 1 aromatic rings. The van der Waals surface area contributed by atoms with Crippen molar-refractivity contribution < 1.29 is 18.3 Å². The molecule has 0 aliphatic carbocycles.